The molecule has 27 heavy (non-hydrogen) atoms. The van der Waals surface area contributed by atoms with Gasteiger partial charge >= 0.3 is 5.97 Å². The fraction of sp³-hybridized carbons (Fsp3) is 0.455. The number of carboxylic acid groups (broad SMARTS) is 1. The lowest BCUT2D eigenvalue weighted by Gasteiger charge is -2.29. The Kier molecular flexibility index (Phi) is 5.51. The molecule has 2 heterocycles. The van der Waals surface area contributed by atoms with Crippen LogP contribution in [0.25, 0.3) is 5.69 Å². The van der Waals surface area contributed by atoms with Crippen molar-refractivity contribution in [1.29, 1.82) is 0 Å². The van der Waals surface area contributed by atoms with E-state index in [-0.39, 0.29) is 11.7 Å². The molecule has 1 aromatic carbocycles. The largest absolute Gasteiger partial charge is 0.481 e. The van der Waals surface area contributed by atoms with Crippen molar-refractivity contribution in [3.63, 3.8) is 0 Å². The zero-order chi connectivity index (χ0) is 19.7. The van der Waals surface area contributed by atoms with E-state index < -0.39 is 5.97 Å². The third-order valence-electron chi connectivity index (χ3n) is 5.78. The van der Waals surface area contributed by atoms with E-state index in [4.69, 9.17) is 5.11 Å². The van der Waals surface area contributed by atoms with E-state index >= 15 is 0 Å². The lowest BCUT2D eigenvalue weighted by atomic mass is 9.97. The van der Waals surface area contributed by atoms with Gasteiger partial charge in [-0.3, -0.25) is 14.5 Å². The third kappa shape index (κ3) is 3.98. The standard InChI is InChI=1S/C22H28N2O3/c1-14-5-6-19(11-15(14)2)24-16(3)12-20(17(24)4)21(25)13-23-9-7-18(8-10-23)22(26)27/h5-6,11-12,18H,7-10,13H2,1-4H3,(H,26,27). The second kappa shape index (κ2) is 7.69. The van der Waals surface area contributed by atoms with Gasteiger partial charge in [-0.1, -0.05) is 6.07 Å². The van der Waals surface area contributed by atoms with Crippen molar-refractivity contribution in [2.45, 2.75) is 40.5 Å². The number of carboxylic acids is 1. The maximum Gasteiger partial charge on any atom is 0.306 e. The summed E-state index contributed by atoms with van der Waals surface area (Å²) in [5, 5.41) is 9.11. The molecule has 0 bridgehead atoms. The fourth-order valence-electron chi connectivity index (χ4n) is 3.93. The molecule has 1 aromatic heterocycles. The molecule has 1 aliphatic heterocycles. The van der Waals surface area contributed by atoms with Crippen LogP contribution in [-0.4, -0.2) is 46.0 Å². The molecule has 0 radical (unpaired) electrons. The first-order valence-electron chi connectivity index (χ1n) is 9.53. The Morgan fingerprint density at radius 1 is 1.04 bits per heavy atom. The second-order valence-corrected chi connectivity index (χ2v) is 7.70. The molecule has 0 saturated carbocycles. The van der Waals surface area contributed by atoms with Crippen molar-refractivity contribution in [3.05, 3.63) is 52.3 Å². The first kappa shape index (κ1) is 19.4. The van der Waals surface area contributed by atoms with Gasteiger partial charge in [-0.25, -0.2) is 0 Å². The molecule has 3 rings (SSSR count). The average molecular weight is 368 g/mol. The van der Waals surface area contributed by atoms with Crippen molar-refractivity contribution in [2.24, 2.45) is 5.92 Å². The van der Waals surface area contributed by atoms with Crippen molar-refractivity contribution in [3.8, 4) is 5.69 Å². The topological polar surface area (TPSA) is 62.5 Å². The lowest BCUT2D eigenvalue weighted by Crippen LogP contribution is -2.39. The molecule has 2 aromatic rings. The number of hydrogen-bond acceptors (Lipinski definition) is 3. The predicted octanol–water partition coefficient (Wildman–Crippen LogP) is 3.69. The molecule has 1 N–H and O–H groups in total. The summed E-state index contributed by atoms with van der Waals surface area (Å²) in [5.74, 6) is -0.893. The van der Waals surface area contributed by atoms with E-state index in [2.05, 4.69) is 41.5 Å². The molecular formula is C22H28N2O3. The monoisotopic (exact) mass is 368 g/mol. The van der Waals surface area contributed by atoms with Crippen LogP contribution < -0.4 is 0 Å². The fourth-order valence-corrected chi connectivity index (χ4v) is 3.93. The van der Waals surface area contributed by atoms with Crippen molar-refractivity contribution in [2.75, 3.05) is 19.6 Å². The number of piperidine rings is 1. The first-order valence-corrected chi connectivity index (χ1v) is 9.53. The molecule has 0 unspecified atom stereocenters. The number of nitrogens with zero attached hydrogens (tertiary/aromatic N) is 2. The Hall–Kier alpha value is -2.40. The van der Waals surface area contributed by atoms with Gasteiger partial charge in [0.2, 0.25) is 0 Å². The van der Waals surface area contributed by atoms with Crippen LogP contribution in [0.5, 0.6) is 0 Å². The number of ketones is 1. The van der Waals surface area contributed by atoms with Crippen molar-refractivity contribution in [1.82, 2.24) is 9.47 Å². The Morgan fingerprint density at radius 2 is 1.70 bits per heavy atom. The number of Topliss-reactive ketones (excluding diaryl/α,β-unsaturated/α-hetero) is 1. The number of aromatic nitrogens is 1. The average Bonchev–Trinajstić information content (AvgIpc) is 2.92. The zero-order valence-corrected chi connectivity index (χ0v) is 16.6. The summed E-state index contributed by atoms with van der Waals surface area (Å²) in [7, 11) is 0. The number of rotatable bonds is 5. The van der Waals surface area contributed by atoms with Crippen LogP contribution in [0.4, 0.5) is 0 Å². The number of aliphatic carboxylic acids is 1. The van der Waals surface area contributed by atoms with Gasteiger partial charge in [0.05, 0.1) is 12.5 Å². The Balaban J connectivity index is 1.77. The van der Waals surface area contributed by atoms with E-state index in [0.717, 1.165) is 22.6 Å². The summed E-state index contributed by atoms with van der Waals surface area (Å²) >= 11 is 0. The number of hydrogen-bond donors (Lipinski definition) is 1. The quantitative estimate of drug-likeness (QED) is 0.818. The van der Waals surface area contributed by atoms with Crippen LogP contribution in [0.2, 0.25) is 0 Å². The van der Waals surface area contributed by atoms with Crippen LogP contribution in [0, 0.1) is 33.6 Å². The van der Waals surface area contributed by atoms with E-state index in [1.54, 1.807) is 0 Å². The molecule has 5 heteroatoms. The molecule has 0 atom stereocenters. The Morgan fingerprint density at radius 3 is 2.30 bits per heavy atom. The summed E-state index contributed by atoms with van der Waals surface area (Å²) in [6.07, 6.45) is 1.23. The van der Waals surface area contributed by atoms with Gasteiger partial charge in [0, 0.05) is 22.6 Å². The van der Waals surface area contributed by atoms with Gasteiger partial charge in [0.1, 0.15) is 0 Å². The smallest absolute Gasteiger partial charge is 0.306 e. The van der Waals surface area contributed by atoms with Crippen molar-refractivity contribution < 1.29 is 14.7 Å². The summed E-state index contributed by atoms with van der Waals surface area (Å²) in [4.78, 5) is 26.1. The lowest BCUT2D eigenvalue weighted by molar-refractivity contribution is -0.143. The van der Waals surface area contributed by atoms with E-state index in [1.807, 2.05) is 19.9 Å². The molecule has 1 saturated heterocycles. The highest BCUT2D eigenvalue weighted by molar-refractivity contribution is 5.99. The summed E-state index contributed by atoms with van der Waals surface area (Å²) in [6, 6.07) is 8.32. The second-order valence-electron chi connectivity index (χ2n) is 7.70. The highest BCUT2D eigenvalue weighted by Crippen LogP contribution is 2.24. The maximum absolute atomic E-state index is 12.9. The van der Waals surface area contributed by atoms with E-state index in [1.165, 1.54) is 11.1 Å². The normalized spacial score (nSPS) is 15.9. The number of likely N-dealkylation sites (tertiary alicyclic amines) is 1. The van der Waals surface area contributed by atoms with E-state index in [9.17, 15) is 9.59 Å². The zero-order valence-electron chi connectivity index (χ0n) is 16.6. The SMILES string of the molecule is Cc1ccc(-n2c(C)cc(C(=O)CN3CCC(C(=O)O)CC3)c2C)cc1C. The summed E-state index contributed by atoms with van der Waals surface area (Å²) in [5.41, 5.74) is 6.32. The van der Waals surface area contributed by atoms with Gasteiger partial charge in [-0.2, -0.15) is 0 Å². The van der Waals surface area contributed by atoms with Gasteiger partial charge in [-0.15, -0.1) is 0 Å². The molecule has 0 amide bonds. The molecule has 1 fully saturated rings. The number of benzene rings is 1. The minimum absolute atomic E-state index is 0.104. The van der Waals surface area contributed by atoms with Crippen LogP contribution in [-0.2, 0) is 4.79 Å². The highest BCUT2D eigenvalue weighted by atomic mass is 16.4. The molecular weight excluding hydrogens is 340 g/mol. The van der Waals surface area contributed by atoms with Gasteiger partial charge in [0.15, 0.2) is 5.78 Å². The molecule has 144 valence electrons. The van der Waals surface area contributed by atoms with E-state index in [0.29, 0.717) is 32.5 Å². The third-order valence-corrected chi connectivity index (χ3v) is 5.78. The minimum Gasteiger partial charge on any atom is -0.481 e. The minimum atomic E-state index is -0.724. The number of aryl methyl sites for hydroxylation is 3. The first-order chi connectivity index (χ1) is 12.8. The summed E-state index contributed by atoms with van der Waals surface area (Å²) < 4.78 is 2.14. The molecule has 0 aliphatic carbocycles. The van der Waals surface area contributed by atoms with Crippen molar-refractivity contribution >= 4 is 11.8 Å². The van der Waals surface area contributed by atoms with Crippen LogP contribution in [0.3, 0.4) is 0 Å². The molecule has 1 aliphatic rings. The molecule has 0 spiro atoms. The Bertz CT molecular complexity index is 874. The number of carbonyl (C=O) groups excluding carboxylic acids is 1. The maximum atomic E-state index is 12.9. The highest BCUT2D eigenvalue weighted by Gasteiger charge is 2.26. The van der Waals surface area contributed by atoms with Gasteiger partial charge < -0.3 is 9.67 Å². The van der Waals surface area contributed by atoms with Crippen LogP contribution in [0.1, 0.15) is 45.7 Å². The van der Waals surface area contributed by atoms with Gasteiger partial charge in [0.25, 0.3) is 0 Å². The predicted molar refractivity (Wildman–Crippen MR) is 106 cm³/mol. The molecule has 5 nitrogen and oxygen atoms in total. The van der Waals surface area contributed by atoms with Gasteiger partial charge in [-0.05, 0) is 83.0 Å². The Labute approximate surface area is 160 Å². The number of carbonyl (C=O) groups is 2. The summed E-state index contributed by atoms with van der Waals surface area (Å²) in [6.45, 7) is 9.89. The van der Waals surface area contributed by atoms with Crippen LogP contribution >= 0.6 is 0 Å². The van der Waals surface area contributed by atoms with Crippen LogP contribution in [0.15, 0.2) is 24.3 Å².